The van der Waals surface area contributed by atoms with Gasteiger partial charge in [-0.15, -0.1) is 0 Å². The van der Waals surface area contributed by atoms with Crippen LogP contribution in [0.15, 0.2) is 119 Å². The largest absolute Gasteiger partial charge is 0.494 e. The normalized spacial score (nSPS) is 11.7. The van der Waals surface area contributed by atoms with Gasteiger partial charge in [-0.1, -0.05) is 68.4 Å². The van der Waals surface area contributed by atoms with Crippen LogP contribution >= 0.6 is 0 Å². The van der Waals surface area contributed by atoms with E-state index in [0.717, 1.165) is 56.4 Å². The highest BCUT2D eigenvalue weighted by Crippen LogP contribution is 2.34. The smallest absolute Gasteiger partial charge is 0.282 e. The summed E-state index contributed by atoms with van der Waals surface area (Å²) in [6.45, 7) is 13.5. The van der Waals surface area contributed by atoms with Crippen molar-refractivity contribution in [2.24, 2.45) is 5.10 Å². The SMILES string of the molecule is CCOc1cc(C)c(-c2nc3ccccc3c(=O)n2N=Cc2cc(C)n(-c3ccc(OCc4cccc5ccccc45)cc3)c2C)cc1C(C)C. The number of aryl methyl sites for hydroxylation is 2. The average Bonchev–Trinajstić information content (AvgIpc) is 3.42. The van der Waals surface area contributed by atoms with Crippen LogP contribution < -0.4 is 15.0 Å². The van der Waals surface area contributed by atoms with Crippen molar-refractivity contribution in [2.75, 3.05) is 6.61 Å². The molecule has 2 heterocycles. The lowest BCUT2D eigenvalue weighted by molar-refractivity contribution is 0.307. The van der Waals surface area contributed by atoms with Gasteiger partial charge in [0.05, 0.1) is 23.7 Å². The zero-order valence-corrected chi connectivity index (χ0v) is 30.0. The summed E-state index contributed by atoms with van der Waals surface area (Å²) in [6.07, 6.45) is 1.76. The summed E-state index contributed by atoms with van der Waals surface area (Å²) in [5.74, 6) is 2.36. The molecule has 7 nitrogen and oxygen atoms in total. The predicted octanol–water partition coefficient (Wildman–Crippen LogP) is 9.92. The Kier molecular flexibility index (Phi) is 9.28. The average molecular weight is 675 g/mol. The molecule has 0 atom stereocenters. The maximum Gasteiger partial charge on any atom is 0.282 e. The van der Waals surface area contributed by atoms with Crippen molar-refractivity contribution in [3.05, 3.63) is 153 Å². The summed E-state index contributed by atoms with van der Waals surface area (Å²) in [4.78, 5) is 19.0. The maximum atomic E-state index is 14.0. The molecular formula is C44H42N4O3. The van der Waals surface area contributed by atoms with Crippen LogP contribution in [0.25, 0.3) is 38.8 Å². The third-order valence-corrected chi connectivity index (χ3v) is 9.43. The summed E-state index contributed by atoms with van der Waals surface area (Å²) in [5, 5.41) is 7.75. The van der Waals surface area contributed by atoms with Gasteiger partial charge in [0.1, 0.15) is 18.1 Å². The first-order valence-corrected chi connectivity index (χ1v) is 17.5. The van der Waals surface area contributed by atoms with Gasteiger partial charge >= 0.3 is 0 Å². The summed E-state index contributed by atoms with van der Waals surface area (Å²) in [5.41, 5.74) is 8.39. The van der Waals surface area contributed by atoms with E-state index in [1.54, 1.807) is 12.3 Å². The molecule has 0 aliphatic carbocycles. The molecule has 7 aromatic rings. The van der Waals surface area contributed by atoms with Gasteiger partial charge in [-0.3, -0.25) is 4.79 Å². The molecule has 0 N–H and O–H groups in total. The molecule has 7 heteroatoms. The van der Waals surface area contributed by atoms with E-state index in [1.807, 2.05) is 50.2 Å². The van der Waals surface area contributed by atoms with Gasteiger partial charge in [0, 0.05) is 28.2 Å². The van der Waals surface area contributed by atoms with Crippen molar-refractivity contribution in [3.63, 3.8) is 0 Å². The maximum absolute atomic E-state index is 14.0. The molecule has 0 bridgehead atoms. The second-order valence-corrected chi connectivity index (χ2v) is 13.2. The molecule has 0 radical (unpaired) electrons. The Hall–Kier alpha value is -5.95. The second kappa shape index (κ2) is 14.1. The second-order valence-electron chi connectivity index (χ2n) is 13.2. The minimum Gasteiger partial charge on any atom is -0.494 e. The molecule has 0 spiro atoms. The predicted molar refractivity (Wildman–Crippen MR) is 208 cm³/mol. The molecule has 0 amide bonds. The van der Waals surface area contributed by atoms with Crippen LogP contribution in [0.5, 0.6) is 11.5 Å². The van der Waals surface area contributed by atoms with Gasteiger partial charge in [-0.2, -0.15) is 9.78 Å². The van der Waals surface area contributed by atoms with Crippen molar-refractivity contribution in [3.8, 4) is 28.6 Å². The first-order chi connectivity index (χ1) is 24.7. The standard InChI is InChI=1S/C44H42N4O3/c1-7-50-42-23-29(4)40(25-39(42)28(2)3)43-46-41-18-11-10-17-38(41)44(49)48(43)45-26-34-24-30(5)47(31(34)6)35-19-21-36(22-20-35)51-27-33-15-12-14-32-13-8-9-16-37(32)33/h8-26,28H,7,27H2,1-6H3. The molecule has 0 fully saturated rings. The van der Waals surface area contributed by atoms with Crippen LogP contribution in [0.4, 0.5) is 0 Å². The first kappa shape index (κ1) is 33.5. The molecule has 5 aromatic carbocycles. The first-order valence-electron chi connectivity index (χ1n) is 17.5. The van der Waals surface area contributed by atoms with Gasteiger partial charge in [0.15, 0.2) is 5.82 Å². The minimum atomic E-state index is -0.223. The number of nitrogens with zero attached hydrogens (tertiary/aromatic N) is 4. The Morgan fingerprint density at radius 3 is 2.31 bits per heavy atom. The number of hydrogen-bond acceptors (Lipinski definition) is 5. The third-order valence-electron chi connectivity index (χ3n) is 9.43. The lowest BCUT2D eigenvalue weighted by atomic mass is 9.96. The Labute approximate surface area is 298 Å². The number of aromatic nitrogens is 3. The van der Waals surface area contributed by atoms with E-state index in [0.29, 0.717) is 29.9 Å². The molecule has 51 heavy (non-hydrogen) atoms. The third kappa shape index (κ3) is 6.55. The van der Waals surface area contributed by atoms with E-state index in [1.165, 1.54) is 15.4 Å². The van der Waals surface area contributed by atoms with Crippen LogP contribution in [0.2, 0.25) is 0 Å². The van der Waals surface area contributed by atoms with Crippen molar-refractivity contribution in [2.45, 2.75) is 54.1 Å². The van der Waals surface area contributed by atoms with Crippen LogP contribution in [-0.2, 0) is 6.61 Å². The van der Waals surface area contributed by atoms with Gasteiger partial charge in [0.2, 0.25) is 0 Å². The van der Waals surface area contributed by atoms with E-state index in [2.05, 4.69) is 99.0 Å². The van der Waals surface area contributed by atoms with Crippen molar-refractivity contribution in [1.82, 2.24) is 14.2 Å². The van der Waals surface area contributed by atoms with Crippen LogP contribution in [0, 0.1) is 20.8 Å². The molecule has 0 aliphatic rings. The fourth-order valence-electron chi connectivity index (χ4n) is 6.78. The molecule has 2 aromatic heterocycles. The Bertz CT molecular complexity index is 2470. The van der Waals surface area contributed by atoms with Gasteiger partial charge in [0.25, 0.3) is 5.56 Å². The topological polar surface area (TPSA) is 70.6 Å². The van der Waals surface area contributed by atoms with E-state index in [9.17, 15) is 4.79 Å². The molecule has 0 unspecified atom stereocenters. The van der Waals surface area contributed by atoms with E-state index in [4.69, 9.17) is 19.6 Å². The lowest BCUT2D eigenvalue weighted by Crippen LogP contribution is -2.21. The zero-order valence-electron chi connectivity index (χ0n) is 30.0. The summed E-state index contributed by atoms with van der Waals surface area (Å²) in [7, 11) is 0. The van der Waals surface area contributed by atoms with Crippen LogP contribution in [0.1, 0.15) is 60.3 Å². The fraction of sp³-hybridized carbons (Fsp3) is 0.205. The lowest BCUT2D eigenvalue weighted by Gasteiger charge is -2.18. The minimum absolute atomic E-state index is 0.213. The van der Waals surface area contributed by atoms with Crippen LogP contribution in [-0.4, -0.2) is 27.0 Å². The highest BCUT2D eigenvalue weighted by Gasteiger charge is 2.19. The van der Waals surface area contributed by atoms with Crippen LogP contribution in [0.3, 0.4) is 0 Å². The number of ether oxygens (including phenoxy) is 2. The highest BCUT2D eigenvalue weighted by molar-refractivity contribution is 5.86. The van der Waals surface area contributed by atoms with Crippen molar-refractivity contribution >= 4 is 27.9 Å². The molecule has 0 aliphatic heterocycles. The monoisotopic (exact) mass is 674 g/mol. The zero-order chi connectivity index (χ0) is 35.6. The summed E-state index contributed by atoms with van der Waals surface area (Å²) >= 11 is 0. The molecule has 7 rings (SSSR count). The summed E-state index contributed by atoms with van der Waals surface area (Å²) < 4.78 is 15.8. The van der Waals surface area contributed by atoms with E-state index >= 15 is 0 Å². The van der Waals surface area contributed by atoms with Gasteiger partial charge < -0.3 is 14.0 Å². The van der Waals surface area contributed by atoms with E-state index in [-0.39, 0.29) is 11.5 Å². The Balaban J connectivity index is 1.21. The quantitative estimate of drug-likeness (QED) is 0.135. The fourth-order valence-corrected chi connectivity index (χ4v) is 6.78. The van der Waals surface area contributed by atoms with Crippen molar-refractivity contribution < 1.29 is 9.47 Å². The van der Waals surface area contributed by atoms with Crippen molar-refractivity contribution in [1.29, 1.82) is 0 Å². The summed E-state index contributed by atoms with van der Waals surface area (Å²) in [6, 6.07) is 36.4. The molecular weight excluding hydrogens is 633 g/mol. The van der Waals surface area contributed by atoms with Gasteiger partial charge in [-0.05, 0) is 116 Å². The molecule has 0 saturated heterocycles. The molecule has 0 saturated carbocycles. The Morgan fingerprint density at radius 2 is 1.55 bits per heavy atom. The number of para-hydroxylation sites is 1. The number of fused-ring (bicyclic) bond motifs is 2. The number of hydrogen-bond donors (Lipinski definition) is 0. The molecule has 256 valence electrons. The number of benzene rings is 5. The van der Waals surface area contributed by atoms with E-state index < -0.39 is 0 Å². The highest BCUT2D eigenvalue weighted by atomic mass is 16.5. The Morgan fingerprint density at radius 1 is 0.824 bits per heavy atom. The van der Waals surface area contributed by atoms with Gasteiger partial charge in [-0.25, -0.2) is 4.98 Å². The number of rotatable bonds is 10.